The van der Waals surface area contributed by atoms with Gasteiger partial charge in [0.2, 0.25) is 0 Å². The van der Waals surface area contributed by atoms with Crippen LogP contribution >= 0.6 is 22.6 Å². The minimum Gasteiger partial charge on any atom is -0.465 e. The third-order valence-electron chi connectivity index (χ3n) is 3.35. The van der Waals surface area contributed by atoms with Crippen molar-refractivity contribution in [2.75, 3.05) is 18.6 Å². The lowest BCUT2D eigenvalue weighted by atomic mass is 10.1. The summed E-state index contributed by atoms with van der Waals surface area (Å²) in [5.41, 5.74) is 2.50. The van der Waals surface area contributed by atoms with Gasteiger partial charge >= 0.3 is 5.97 Å². The number of carbonyl (C=O) groups is 2. The predicted molar refractivity (Wildman–Crippen MR) is 102 cm³/mol. The van der Waals surface area contributed by atoms with Gasteiger partial charge in [-0.2, -0.15) is 0 Å². The van der Waals surface area contributed by atoms with Crippen LogP contribution in [0.15, 0.2) is 48.5 Å². The van der Waals surface area contributed by atoms with E-state index in [9.17, 15) is 9.59 Å². The van der Waals surface area contributed by atoms with Crippen LogP contribution in [-0.2, 0) is 16.1 Å². The molecule has 2 rings (SSSR count). The monoisotopic (exact) mass is 433 g/mol. The number of aldehydes is 1. The van der Waals surface area contributed by atoms with E-state index in [1.54, 1.807) is 6.07 Å². The molecule has 2 aromatic carbocycles. The van der Waals surface area contributed by atoms with Crippen molar-refractivity contribution < 1.29 is 14.3 Å². The van der Waals surface area contributed by atoms with Gasteiger partial charge in [0.1, 0.15) is 0 Å². The largest absolute Gasteiger partial charge is 0.465 e. The molecular weight excluding hydrogens is 417 g/mol. The molecule has 0 aliphatic carbocycles. The van der Waals surface area contributed by atoms with E-state index in [4.69, 9.17) is 4.74 Å². The fraction of sp³-hybridized carbons (Fsp3) is 0.158. The molecule has 0 spiro atoms. The number of hydrogen-bond acceptors (Lipinski definition) is 4. The molecule has 0 amide bonds. The van der Waals surface area contributed by atoms with E-state index in [2.05, 4.69) is 39.3 Å². The molecule has 0 heterocycles. The van der Waals surface area contributed by atoms with Crippen molar-refractivity contribution in [2.45, 2.75) is 6.54 Å². The van der Waals surface area contributed by atoms with Gasteiger partial charge in [0.05, 0.1) is 24.9 Å². The highest BCUT2D eigenvalue weighted by Crippen LogP contribution is 2.24. The summed E-state index contributed by atoms with van der Waals surface area (Å²) in [5, 5.41) is 0. The van der Waals surface area contributed by atoms with Crippen LogP contribution in [0.25, 0.3) is 0 Å². The molecule has 0 aliphatic rings. The zero-order valence-electron chi connectivity index (χ0n) is 13.2. The van der Waals surface area contributed by atoms with Crippen LogP contribution in [0.3, 0.4) is 0 Å². The third kappa shape index (κ3) is 4.83. The first-order chi connectivity index (χ1) is 11.7. The van der Waals surface area contributed by atoms with E-state index in [-0.39, 0.29) is 5.97 Å². The first-order valence-corrected chi connectivity index (χ1v) is 8.32. The summed E-state index contributed by atoms with van der Waals surface area (Å²) in [5.74, 6) is 4.92. The smallest absolute Gasteiger partial charge is 0.337 e. The normalized spacial score (nSPS) is 9.58. The Bertz CT molecular complexity index is 792. The Kier molecular flexibility index (Phi) is 6.82. The lowest BCUT2D eigenvalue weighted by Gasteiger charge is -2.24. The summed E-state index contributed by atoms with van der Waals surface area (Å²) in [6.07, 6.45) is 0.589. The SMILES string of the molecule is COC(=O)c1cccc(CN(CC#CC=O)c2ccccc2I)c1. The molecule has 0 radical (unpaired) electrons. The van der Waals surface area contributed by atoms with E-state index >= 15 is 0 Å². The molecule has 0 bridgehead atoms. The van der Waals surface area contributed by atoms with E-state index in [0.29, 0.717) is 24.9 Å². The van der Waals surface area contributed by atoms with Gasteiger partial charge in [-0.25, -0.2) is 4.79 Å². The van der Waals surface area contributed by atoms with Crippen LogP contribution < -0.4 is 4.90 Å². The van der Waals surface area contributed by atoms with Crippen molar-refractivity contribution in [3.8, 4) is 11.8 Å². The second-order valence-corrected chi connectivity index (χ2v) is 6.10. The summed E-state index contributed by atoms with van der Waals surface area (Å²) in [7, 11) is 1.36. The molecule has 0 aliphatic heterocycles. The van der Waals surface area contributed by atoms with E-state index < -0.39 is 0 Å². The zero-order chi connectivity index (χ0) is 17.4. The van der Waals surface area contributed by atoms with Crippen molar-refractivity contribution in [1.29, 1.82) is 0 Å². The van der Waals surface area contributed by atoms with Crippen LogP contribution in [0, 0.1) is 15.4 Å². The van der Waals surface area contributed by atoms with E-state index in [1.165, 1.54) is 7.11 Å². The minimum atomic E-state index is -0.363. The van der Waals surface area contributed by atoms with Crippen LogP contribution in [0.1, 0.15) is 15.9 Å². The molecule has 0 unspecified atom stereocenters. The number of rotatable bonds is 5. The number of esters is 1. The molecule has 24 heavy (non-hydrogen) atoms. The van der Waals surface area contributed by atoms with Crippen LogP contribution in [-0.4, -0.2) is 25.9 Å². The average Bonchev–Trinajstić information content (AvgIpc) is 2.61. The summed E-state index contributed by atoms with van der Waals surface area (Å²) in [6.45, 7) is 0.986. The predicted octanol–water partition coefficient (Wildman–Crippen LogP) is 3.29. The van der Waals surface area contributed by atoms with Gasteiger partial charge in [-0.05, 0) is 58.3 Å². The highest BCUT2D eigenvalue weighted by Gasteiger charge is 2.11. The van der Waals surface area contributed by atoms with Crippen molar-refractivity contribution >= 4 is 40.5 Å². The highest BCUT2D eigenvalue weighted by atomic mass is 127. The molecule has 0 saturated carbocycles. The lowest BCUT2D eigenvalue weighted by Crippen LogP contribution is -2.24. The van der Waals surface area contributed by atoms with Crippen LogP contribution in [0.2, 0.25) is 0 Å². The molecule has 0 N–H and O–H groups in total. The molecule has 0 saturated heterocycles. The second-order valence-electron chi connectivity index (χ2n) is 4.94. The quantitative estimate of drug-likeness (QED) is 0.314. The Morgan fingerprint density at radius 1 is 1.25 bits per heavy atom. The number of anilines is 1. The molecule has 5 heteroatoms. The standard InChI is InChI=1S/C19H16INO3/c1-24-19(23)16-8-6-7-15(13-16)14-21(11-4-5-12-22)18-10-3-2-9-17(18)20/h2-3,6-10,12-13H,11,14H2,1H3. The van der Waals surface area contributed by atoms with Gasteiger partial charge in [-0.3, -0.25) is 4.79 Å². The fourth-order valence-electron chi connectivity index (χ4n) is 2.25. The molecular formula is C19H16INO3. The summed E-state index contributed by atoms with van der Waals surface area (Å²) >= 11 is 2.27. The summed E-state index contributed by atoms with van der Waals surface area (Å²) in [4.78, 5) is 24.2. The molecule has 2 aromatic rings. The van der Waals surface area contributed by atoms with Crippen molar-refractivity contribution in [2.24, 2.45) is 0 Å². The van der Waals surface area contributed by atoms with Gasteiger partial charge < -0.3 is 9.64 Å². The van der Waals surface area contributed by atoms with E-state index in [1.807, 2.05) is 42.5 Å². The summed E-state index contributed by atoms with van der Waals surface area (Å²) < 4.78 is 5.85. The number of para-hydroxylation sites is 1. The Morgan fingerprint density at radius 3 is 2.75 bits per heavy atom. The molecule has 0 atom stereocenters. The Morgan fingerprint density at radius 2 is 2.04 bits per heavy atom. The first kappa shape index (κ1) is 18.0. The summed E-state index contributed by atoms with van der Waals surface area (Å²) in [6, 6.07) is 15.3. The maximum absolute atomic E-state index is 11.7. The van der Waals surface area contributed by atoms with Crippen molar-refractivity contribution in [3.05, 3.63) is 63.2 Å². The van der Waals surface area contributed by atoms with Gasteiger partial charge in [-0.1, -0.05) is 30.2 Å². The number of ether oxygens (including phenoxy) is 1. The molecule has 4 nitrogen and oxygen atoms in total. The first-order valence-electron chi connectivity index (χ1n) is 7.24. The van der Waals surface area contributed by atoms with Crippen molar-refractivity contribution in [1.82, 2.24) is 0 Å². The average molecular weight is 433 g/mol. The number of halogens is 1. The number of nitrogens with zero attached hydrogens (tertiary/aromatic N) is 1. The van der Waals surface area contributed by atoms with E-state index in [0.717, 1.165) is 14.8 Å². The number of methoxy groups -OCH3 is 1. The number of benzene rings is 2. The third-order valence-corrected chi connectivity index (χ3v) is 4.26. The highest BCUT2D eigenvalue weighted by molar-refractivity contribution is 14.1. The van der Waals surface area contributed by atoms with Crippen LogP contribution in [0.5, 0.6) is 0 Å². The number of carbonyl (C=O) groups excluding carboxylic acids is 2. The second kappa shape index (κ2) is 9.08. The molecule has 0 fully saturated rings. The van der Waals surface area contributed by atoms with Gasteiger partial charge in [0, 0.05) is 10.1 Å². The topological polar surface area (TPSA) is 46.6 Å². The zero-order valence-corrected chi connectivity index (χ0v) is 15.3. The fourth-order valence-corrected chi connectivity index (χ4v) is 2.98. The van der Waals surface area contributed by atoms with Gasteiger partial charge in [0.15, 0.2) is 6.29 Å². The van der Waals surface area contributed by atoms with Crippen molar-refractivity contribution in [3.63, 3.8) is 0 Å². The number of hydrogen-bond donors (Lipinski definition) is 0. The maximum Gasteiger partial charge on any atom is 0.337 e. The maximum atomic E-state index is 11.7. The van der Waals surface area contributed by atoms with Crippen LogP contribution in [0.4, 0.5) is 5.69 Å². The van der Waals surface area contributed by atoms with Gasteiger partial charge in [0.25, 0.3) is 0 Å². The minimum absolute atomic E-state index is 0.363. The Hall–Kier alpha value is -2.33. The Labute approximate surface area is 155 Å². The van der Waals surface area contributed by atoms with Gasteiger partial charge in [-0.15, -0.1) is 0 Å². The molecule has 0 aromatic heterocycles. The Balaban J connectivity index is 2.30. The lowest BCUT2D eigenvalue weighted by molar-refractivity contribution is -0.103. The molecule has 122 valence electrons.